The predicted molar refractivity (Wildman–Crippen MR) is 104 cm³/mol. The summed E-state index contributed by atoms with van der Waals surface area (Å²) in [7, 11) is 0. The minimum absolute atomic E-state index is 0.105. The summed E-state index contributed by atoms with van der Waals surface area (Å²) in [6.07, 6.45) is 3.81. The van der Waals surface area contributed by atoms with E-state index in [1.807, 2.05) is 13.8 Å². The standard InChI is InChI=1S/C21H25FN2O3/c1-3-5-10-21(25)24-23-14-16-11-12-19(20(13-16)26-4-2)27-15-17-8-6-7-9-18(17)22/h6-9,11-14H,3-5,10,15H2,1-2H3,(H,24,25)/b23-14+. The highest BCUT2D eigenvalue weighted by Crippen LogP contribution is 2.29. The van der Waals surface area contributed by atoms with Crippen molar-refractivity contribution in [1.29, 1.82) is 0 Å². The molecule has 144 valence electrons. The van der Waals surface area contributed by atoms with E-state index in [-0.39, 0.29) is 18.3 Å². The SMILES string of the molecule is CCCCC(=O)N/N=C/c1ccc(OCc2ccccc2F)c(OCC)c1. The minimum Gasteiger partial charge on any atom is -0.490 e. The van der Waals surface area contributed by atoms with Gasteiger partial charge in [-0.1, -0.05) is 31.5 Å². The summed E-state index contributed by atoms with van der Waals surface area (Å²) in [5.74, 6) is 0.639. The number of hydrazone groups is 1. The van der Waals surface area contributed by atoms with Crippen LogP contribution in [0.2, 0.25) is 0 Å². The van der Waals surface area contributed by atoms with Crippen LogP contribution in [0.5, 0.6) is 11.5 Å². The monoisotopic (exact) mass is 372 g/mol. The zero-order chi connectivity index (χ0) is 19.5. The molecule has 2 rings (SSSR count). The Morgan fingerprint density at radius 1 is 1.15 bits per heavy atom. The summed E-state index contributed by atoms with van der Waals surface area (Å²) < 4.78 is 25.1. The van der Waals surface area contributed by atoms with Gasteiger partial charge in [-0.25, -0.2) is 9.82 Å². The Bertz CT molecular complexity index is 778. The Labute approximate surface area is 159 Å². The molecule has 0 aliphatic rings. The number of unbranched alkanes of at least 4 members (excludes halogenated alkanes) is 1. The molecule has 0 radical (unpaired) electrons. The van der Waals surface area contributed by atoms with Gasteiger partial charge in [0.05, 0.1) is 12.8 Å². The average molecular weight is 372 g/mol. The Morgan fingerprint density at radius 2 is 1.96 bits per heavy atom. The number of carbonyl (C=O) groups excluding carboxylic acids is 1. The van der Waals surface area contributed by atoms with Crippen LogP contribution in [0.15, 0.2) is 47.6 Å². The summed E-state index contributed by atoms with van der Waals surface area (Å²) in [6, 6.07) is 11.8. The summed E-state index contributed by atoms with van der Waals surface area (Å²) in [5.41, 5.74) is 3.73. The fourth-order valence-corrected chi connectivity index (χ4v) is 2.34. The van der Waals surface area contributed by atoms with Crippen LogP contribution < -0.4 is 14.9 Å². The molecule has 0 aromatic heterocycles. The summed E-state index contributed by atoms with van der Waals surface area (Å²) in [5, 5.41) is 3.96. The second-order valence-electron chi connectivity index (χ2n) is 5.92. The van der Waals surface area contributed by atoms with Gasteiger partial charge in [0.25, 0.3) is 0 Å². The third kappa shape index (κ3) is 6.73. The number of nitrogens with zero attached hydrogens (tertiary/aromatic N) is 1. The van der Waals surface area contributed by atoms with Crippen LogP contribution in [0.25, 0.3) is 0 Å². The molecule has 0 aliphatic carbocycles. The van der Waals surface area contributed by atoms with Gasteiger partial charge < -0.3 is 9.47 Å². The molecule has 2 aromatic rings. The van der Waals surface area contributed by atoms with Crippen LogP contribution in [-0.4, -0.2) is 18.7 Å². The topological polar surface area (TPSA) is 59.9 Å². The van der Waals surface area contributed by atoms with E-state index in [0.29, 0.717) is 30.1 Å². The lowest BCUT2D eigenvalue weighted by Gasteiger charge is -2.13. The average Bonchev–Trinajstić information content (AvgIpc) is 2.67. The molecule has 1 N–H and O–H groups in total. The van der Waals surface area contributed by atoms with Crippen molar-refractivity contribution in [1.82, 2.24) is 5.43 Å². The number of nitrogens with one attached hydrogen (secondary N) is 1. The number of rotatable bonds is 10. The van der Waals surface area contributed by atoms with Gasteiger partial charge in [-0.05, 0) is 43.2 Å². The maximum Gasteiger partial charge on any atom is 0.240 e. The van der Waals surface area contributed by atoms with Gasteiger partial charge in [-0.2, -0.15) is 5.10 Å². The zero-order valence-electron chi connectivity index (χ0n) is 15.7. The molecule has 27 heavy (non-hydrogen) atoms. The van der Waals surface area contributed by atoms with Gasteiger partial charge in [0.15, 0.2) is 11.5 Å². The largest absolute Gasteiger partial charge is 0.490 e. The van der Waals surface area contributed by atoms with Crippen LogP contribution in [0, 0.1) is 5.82 Å². The number of ether oxygens (including phenoxy) is 2. The van der Waals surface area contributed by atoms with Crippen molar-refractivity contribution in [3.63, 3.8) is 0 Å². The van der Waals surface area contributed by atoms with Gasteiger partial charge in [-0.3, -0.25) is 4.79 Å². The van der Waals surface area contributed by atoms with E-state index < -0.39 is 0 Å². The number of halogens is 1. The van der Waals surface area contributed by atoms with Gasteiger partial charge in [0.1, 0.15) is 12.4 Å². The maximum atomic E-state index is 13.7. The Balaban J connectivity index is 2.02. The third-order valence-corrected chi connectivity index (χ3v) is 3.77. The maximum absolute atomic E-state index is 13.7. The molecule has 0 spiro atoms. The molecular formula is C21H25FN2O3. The fraction of sp³-hybridized carbons (Fsp3) is 0.333. The van der Waals surface area contributed by atoms with Crippen LogP contribution >= 0.6 is 0 Å². The number of hydrogen-bond acceptors (Lipinski definition) is 4. The highest BCUT2D eigenvalue weighted by molar-refractivity contribution is 5.83. The van der Waals surface area contributed by atoms with E-state index in [4.69, 9.17) is 9.47 Å². The predicted octanol–water partition coefficient (Wildman–Crippen LogP) is 4.44. The normalized spacial score (nSPS) is 10.8. The zero-order valence-corrected chi connectivity index (χ0v) is 15.7. The second-order valence-corrected chi connectivity index (χ2v) is 5.92. The van der Waals surface area contributed by atoms with E-state index in [9.17, 15) is 9.18 Å². The molecule has 0 fully saturated rings. The quantitative estimate of drug-likeness (QED) is 0.495. The first-order chi connectivity index (χ1) is 13.1. The van der Waals surface area contributed by atoms with Crippen LogP contribution in [0.1, 0.15) is 44.2 Å². The molecular weight excluding hydrogens is 347 g/mol. The Kier molecular flexibility index (Phi) is 8.29. The van der Waals surface area contributed by atoms with Gasteiger partial charge in [0, 0.05) is 12.0 Å². The van der Waals surface area contributed by atoms with Gasteiger partial charge in [-0.15, -0.1) is 0 Å². The number of amides is 1. The number of hydrogen-bond donors (Lipinski definition) is 1. The highest BCUT2D eigenvalue weighted by Gasteiger charge is 2.08. The van der Waals surface area contributed by atoms with Crippen molar-refractivity contribution in [2.24, 2.45) is 5.10 Å². The first-order valence-electron chi connectivity index (χ1n) is 9.09. The number of benzene rings is 2. The molecule has 0 bridgehead atoms. The van der Waals surface area contributed by atoms with Crippen molar-refractivity contribution >= 4 is 12.1 Å². The smallest absolute Gasteiger partial charge is 0.240 e. The summed E-state index contributed by atoms with van der Waals surface area (Å²) >= 11 is 0. The van der Waals surface area contributed by atoms with E-state index in [2.05, 4.69) is 10.5 Å². The second kappa shape index (κ2) is 11.0. The molecule has 0 saturated carbocycles. The molecule has 0 aliphatic heterocycles. The molecule has 1 amide bonds. The van der Waals surface area contributed by atoms with E-state index in [1.54, 1.807) is 42.6 Å². The van der Waals surface area contributed by atoms with Crippen molar-refractivity contribution < 1.29 is 18.7 Å². The lowest BCUT2D eigenvalue weighted by Crippen LogP contribution is -2.16. The number of carbonyl (C=O) groups is 1. The van der Waals surface area contributed by atoms with Crippen molar-refractivity contribution in [3.8, 4) is 11.5 Å². The van der Waals surface area contributed by atoms with E-state index in [0.717, 1.165) is 18.4 Å². The Hall–Kier alpha value is -2.89. The first-order valence-corrected chi connectivity index (χ1v) is 9.09. The molecule has 0 heterocycles. The molecule has 5 nitrogen and oxygen atoms in total. The first kappa shape index (κ1) is 20.4. The molecule has 0 saturated heterocycles. The van der Waals surface area contributed by atoms with E-state index in [1.165, 1.54) is 6.07 Å². The van der Waals surface area contributed by atoms with Crippen molar-refractivity contribution in [3.05, 3.63) is 59.4 Å². The molecule has 0 atom stereocenters. The van der Waals surface area contributed by atoms with Gasteiger partial charge in [0.2, 0.25) is 5.91 Å². The Morgan fingerprint density at radius 3 is 2.70 bits per heavy atom. The van der Waals surface area contributed by atoms with Crippen LogP contribution in [-0.2, 0) is 11.4 Å². The summed E-state index contributed by atoms with van der Waals surface area (Å²) in [6.45, 7) is 4.47. The van der Waals surface area contributed by atoms with Crippen molar-refractivity contribution in [2.45, 2.75) is 39.7 Å². The van der Waals surface area contributed by atoms with Crippen molar-refractivity contribution in [2.75, 3.05) is 6.61 Å². The minimum atomic E-state index is -0.307. The lowest BCUT2D eigenvalue weighted by atomic mass is 10.2. The molecule has 2 aromatic carbocycles. The summed E-state index contributed by atoms with van der Waals surface area (Å²) in [4.78, 5) is 11.6. The van der Waals surface area contributed by atoms with E-state index >= 15 is 0 Å². The fourth-order valence-electron chi connectivity index (χ4n) is 2.34. The highest BCUT2D eigenvalue weighted by atomic mass is 19.1. The lowest BCUT2D eigenvalue weighted by molar-refractivity contribution is -0.121. The molecule has 6 heteroatoms. The molecule has 0 unspecified atom stereocenters. The third-order valence-electron chi connectivity index (χ3n) is 3.77. The van der Waals surface area contributed by atoms with Gasteiger partial charge >= 0.3 is 0 Å². The van der Waals surface area contributed by atoms with Crippen LogP contribution in [0.3, 0.4) is 0 Å². The van der Waals surface area contributed by atoms with Crippen LogP contribution in [0.4, 0.5) is 4.39 Å².